The van der Waals surface area contributed by atoms with Gasteiger partial charge in [-0.25, -0.2) is 0 Å². The highest BCUT2D eigenvalue weighted by Gasteiger charge is 2.50. The maximum Gasteiger partial charge on any atom is 0.306 e. The quantitative estimate of drug-likeness (QED) is 0.547. The number of carbonyl (C=O) groups excluding carboxylic acids is 1. The van der Waals surface area contributed by atoms with Crippen LogP contribution in [-0.4, -0.2) is 31.1 Å². The molecule has 1 heterocycles. The summed E-state index contributed by atoms with van der Waals surface area (Å²) in [7, 11) is 1.42. The van der Waals surface area contributed by atoms with Crippen molar-refractivity contribution >= 4 is 5.97 Å². The van der Waals surface area contributed by atoms with Crippen molar-refractivity contribution in [1.82, 2.24) is 0 Å². The highest BCUT2D eigenvalue weighted by molar-refractivity contribution is 5.70. The zero-order valence-electron chi connectivity index (χ0n) is 10.9. The molecule has 1 aliphatic carbocycles. The molecule has 1 aliphatic heterocycles. The Bertz CT molecular complexity index is 345. The molecule has 0 aromatic rings. The Hall–Kier alpha value is -0.870. The van der Waals surface area contributed by atoms with Crippen LogP contribution in [0.3, 0.4) is 0 Å². The van der Waals surface area contributed by atoms with Crippen LogP contribution in [0.5, 0.6) is 0 Å². The van der Waals surface area contributed by atoms with Gasteiger partial charge in [0.25, 0.3) is 0 Å². The zero-order chi connectivity index (χ0) is 12.6. The van der Waals surface area contributed by atoms with Crippen LogP contribution < -0.4 is 0 Å². The van der Waals surface area contributed by atoms with Gasteiger partial charge in [0.05, 0.1) is 19.6 Å². The molecule has 17 heavy (non-hydrogen) atoms. The summed E-state index contributed by atoms with van der Waals surface area (Å²) >= 11 is 0. The van der Waals surface area contributed by atoms with E-state index >= 15 is 0 Å². The van der Waals surface area contributed by atoms with Gasteiger partial charge in [-0.2, -0.15) is 0 Å². The lowest BCUT2D eigenvalue weighted by Gasteiger charge is -2.21. The van der Waals surface area contributed by atoms with Crippen LogP contribution in [0.15, 0.2) is 11.6 Å². The second-order valence-corrected chi connectivity index (χ2v) is 5.10. The number of fused-ring (bicyclic) bond motifs is 1. The summed E-state index contributed by atoms with van der Waals surface area (Å²) in [5.74, 6) is -0.494. The number of hydrogen-bond acceptors (Lipinski definition) is 4. The largest absolute Gasteiger partial charge is 0.469 e. The Balaban J connectivity index is 2.09. The molecule has 96 valence electrons. The van der Waals surface area contributed by atoms with Crippen LogP contribution >= 0.6 is 0 Å². The van der Waals surface area contributed by atoms with E-state index in [-0.39, 0.29) is 24.1 Å². The van der Waals surface area contributed by atoms with Gasteiger partial charge in [-0.15, -0.1) is 0 Å². The number of hydrogen-bond donors (Lipinski definition) is 0. The SMILES string of the molecule is CC=C1[C@@H](CC(=O)OC)C[C@@H]2OC(C)(C)O[C@H]12. The molecule has 2 aliphatic rings. The predicted octanol–water partition coefficient (Wildman–Crippen LogP) is 2.04. The molecule has 1 saturated carbocycles. The minimum Gasteiger partial charge on any atom is -0.469 e. The highest BCUT2D eigenvalue weighted by atomic mass is 16.8. The average molecular weight is 240 g/mol. The molecule has 0 bridgehead atoms. The molecule has 0 aromatic heterocycles. The molecule has 2 rings (SSSR count). The number of allylic oxidation sites excluding steroid dienone is 1. The van der Waals surface area contributed by atoms with Gasteiger partial charge >= 0.3 is 5.97 Å². The normalized spacial score (nSPS) is 37.2. The number of esters is 1. The fraction of sp³-hybridized carbons (Fsp3) is 0.769. The summed E-state index contributed by atoms with van der Waals surface area (Å²) in [6.07, 6.45) is 3.37. The van der Waals surface area contributed by atoms with E-state index < -0.39 is 5.79 Å². The first kappa shape index (κ1) is 12.6. The molecule has 0 aromatic carbocycles. The van der Waals surface area contributed by atoms with Gasteiger partial charge in [-0.3, -0.25) is 4.79 Å². The summed E-state index contributed by atoms with van der Waals surface area (Å²) < 4.78 is 16.4. The average Bonchev–Trinajstić information content (AvgIpc) is 2.68. The third-order valence-corrected chi connectivity index (χ3v) is 3.47. The molecule has 0 radical (unpaired) electrons. The first-order valence-corrected chi connectivity index (χ1v) is 6.05. The van der Waals surface area contributed by atoms with Crippen molar-refractivity contribution in [3.63, 3.8) is 0 Å². The summed E-state index contributed by atoms with van der Waals surface area (Å²) in [4.78, 5) is 11.3. The molecule has 4 nitrogen and oxygen atoms in total. The summed E-state index contributed by atoms with van der Waals surface area (Å²) in [6.45, 7) is 5.83. The Morgan fingerprint density at radius 3 is 2.82 bits per heavy atom. The lowest BCUT2D eigenvalue weighted by molar-refractivity contribution is -0.150. The molecular weight excluding hydrogens is 220 g/mol. The monoisotopic (exact) mass is 240 g/mol. The minimum atomic E-state index is -0.514. The fourth-order valence-electron chi connectivity index (χ4n) is 2.82. The Morgan fingerprint density at radius 2 is 2.24 bits per heavy atom. The van der Waals surface area contributed by atoms with E-state index in [1.165, 1.54) is 12.7 Å². The lowest BCUT2D eigenvalue weighted by atomic mass is 9.98. The van der Waals surface area contributed by atoms with Crippen LogP contribution in [0.1, 0.15) is 33.6 Å². The van der Waals surface area contributed by atoms with Crippen molar-refractivity contribution in [3.8, 4) is 0 Å². The zero-order valence-corrected chi connectivity index (χ0v) is 10.9. The van der Waals surface area contributed by atoms with E-state index in [2.05, 4.69) is 0 Å². The topological polar surface area (TPSA) is 44.8 Å². The Kier molecular flexibility index (Phi) is 3.27. The summed E-state index contributed by atoms with van der Waals surface area (Å²) in [5, 5.41) is 0. The van der Waals surface area contributed by atoms with Crippen LogP contribution in [0.25, 0.3) is 0 Å². The van der Waals surface area contributed by atoms with Crippen molar-refractivity contribution in [2.45, 2.75) is 51.6 Å². The number of methoxy groups -OCH3 is 1. The standard InChI is InChI=1S/C13H20O4/c1-5-9-8(7-11(14)15-4)6-10-12(9)17-13(2,3)16-10/h5,8,10,12H,6-7H2,1-4H3/t8-,10+,12-/m1/s1. The third kappa shape index (κ3) is 2.38. The minimum absolute atomic E-state index is 0.00431. The van der Waals surface area contributed by atoms with Crippen LogP contribution in [0, 0.1) is 5.92 Å². The number of ether oxygens (including phenoxy) is 3. The van der Waals surface area contributed by atoms with Gasteiger partial charge in [0.2, 0.25) is 0 Å². The Labute approximate surface area is 102 Å². The lowest BCUT2D eigenvalue weighted by Crippen LogP contribution is -2.24. The van der Waals surface area contributed by atoms with Crippen molar-refractivity contribution in [3.05, 3.63) is 11.6 Å². The summed E-state index contributed by atoms with van der Waals surface area (Å²) in [5.41, 5.74) is 1.17. The third-order valence-electron chi connectivity index (χ3n) is 3.47. The first-order valence-electron chi connectivity index (χ1n) is 6.05. The van der Waals surface area contributed by atoms with Gasteiger partial charge in [0.15, 0.2) is 5.79 Å². The van der Waals surface area contributed by atoms with Crippen LogP contribution in [0.4, 0.5) is 0 Å². The van der Waals surface area contributed by atoms with Gasteiger partial charge in [-0.1, -0.05) is 6.08 Å². The van der Waals surface area contributed by atoms with E-state index in [0.717, 1.165) is 6.42 Å². The van der Waals surface area contributed by atoms with Gasteiger partial charge in [-0.05, 0) is 38.7 Å². The molecule has 3 atom stereocenters. The van der Waals surface area contributed by atoms with Crippen molar-refractivity contribution < 1.29 is 19.0 Å². The molecule has 2 fully saturated rings. The number of carbonyl (C=O) groups is 1. The summed E-state index contributed by atoms with van der Waals surface area (Å²) in [6, 6.07) is 0. The van der Waals surface area contributed by atoms with Gasteiger partial charge in [0, 0.05) is 0 Å². The first-order chi connectivity index (χ1) is 7.96. The molecule has 0 unspecified atom stereocenters. The van der Waals surface area contributed by atoms with E-state index in [9.17, 15) is 4.79 Å². The van der Waals surface area contributed by atoms with E-state index in [0.29, 0.717) is 6.42 Å². The molecule has 4 heteroatoms. The second kappa shape index (κ2) is 4.42. The van der Waals surface area contributed by atoms with E-state index in [1.807, 2.05) is 26.8 Å². The van der Waals surface area contributed by atoms with E-state index in [1.54, 1.807) is 0 Å². The van der Waals surface area contributed by atoms with Gasteiger partial charge in [0.1, 0.15) is 6.10 Å². The second-order valence-electron chi connectivity index (χ2n) is 5.10. The van der Waals surface area contributed by atoms with E-state index in [4.69, 9.17) is 14.2 Å². The van der Waals surface area contributed by atoms with Crippen LogP contribution in [0.2, 0.25) is 0 Å². The Morgan fingerprint density at radius 1 is 1.53 bits per heavy atom. The molecule has 0 spiro atoms. The van der Waals surface area contributed by atoms with Crippen molar-refractivity contribution in [2.24, 2.45) is 5.92 Å². The van der Waals surface area contributed by atoms with Crippen LogP contribution in [-0.2, 0) is 19.0 Å². The smallest absolute Gasteiger partial charge is 0.306 e. The van der Waals surface area contributed by atoms with Gasteiger partial charge < -0.3 is 14.2 Å². The molecule has 1 saturated heterocycles. The fourth-order valence-corrected chi connectivity index (χ4v) is 2.82. The highest BCUT2D eigenvalue weighted by Crippen LogP contribution is 2.45. The maximum atomic E-state index is 11.3. The van der Waals surface area contributed by atoms with Crippen molar-refractivity contribution in [1.29, 1.82) is 0 Å². The predicted molar refractivity (Wildman–Crippen MR) is 62.3 cm³/mol. The molecule has 0 amide bonds. The number of rotatable bonds is 2. The molecular formula is C13H20O4. The maximum absolute atomic E-state index is 11.3. The van der Waals surface area contributed by atoms with Crippen molar-refractivity contribution in [2.75, 3.05) is 7.11 Å². The molecule has 0 N–H and O–H groups in total.